The lowest BCUT2D eigenvalue weighted by molar-refractivity contribution is 0.266. The molecule has 1 aliphatic heterocycles. The third-order valence-corrected chi connectivity index (χ3v) is 4.42. The average Bonchev–Trinajstić information content (AvgIpc) is 2.74. The Bertz CT molecular complexity index is 529. The highest BCUT2D eigenvalue weighted by Gasteiger charge is 2.33. The molecular formula is C14H23N5S. The molecule has 0 radical (unpaired) electrons. The Hall–Kier alpha value is -1.27. The molecule has 110 valence electrons. The molecule has 5 nitrogen and oxygen atoms in total. The van der Waals surface area contributed by atoms with Crippen LogP contribution >= 0.6 is 12.2 Å². The summed E-state index contributed by atoms with van der Waals surface area (Å²) >= 11 is 5.22. The highest BCUT2D eigenvalue weighted by atomic mass is 32.1. The highest BCUT2D eigenvalue weighted by Crippen LogP contribution is 2.28. The van der Waals surface area contributed by atoms with Gasteiger partial charge in [-0.3, -0.25) is 0 Å². The summed E-state index contributed by atoms with van der Waals surface area (Å²) in [6.07, 6.45) is 0. The zero-order chi connectivity index (χ0) is 15.0. The predicted molar refractivity (Wildman–Crippen MR) is 86.2 cm³/mol. The molecule has 6 heteroatoms. The van der Waals surface area contributed by atoms with Crippen LogP contribution in [0, 0.1) is 19.8 Å². The minimum absolute atomic E-state index is 0.399. The number of rotatable bonds is 3. The van der Waals surface area contributed by atoms with Crippen LogP contribution in [0.3, 0.4) is 0 Å². The molecule has 0 amide bonds. The maximum atomic E-state index is 5.91. The molecule has 1 aromatic heterocycles. The first kappa shape index (κ1) is 15.1. The van der Waals surface area contributed by atoms with Gasteiger partial charge in [0.1, 0.15) is 4.99 Å². The first-order valence-electron chi connectivity index (χ1n) is 6.88. The molecule has 2 rings (SSSR count). The molecule has 1 aliphatic rings. The monoisotopic (exact) mass is 293 g/mol. The number of hydrogen-bond donors (Lipinski definition) is 1. The topological polar surface area (TPSA) is 58.3 Å². The van der Waals surface area contributed by atoms with Gasteiger partial charge in [-0.25, -0.2) is 0 Å². The number of thiocarbonyl (C=S) groups is 1. The summed E-state index contributed by atoms with van der Waals surface area (Å²) in [5, 5.41) is 8.60. The van der Waals surface area contributed by atoms with E-state index < -0.39 is 0 Å². The second-order valence-electron chi connectivity index (χ2n) is 5.89. The highest BCUT2D eigenvalue weighted by molar-refractivity contribution is 7.80. The molecule has 2 unspecified atom stereocenters. The normalized spacial score (nSPS) is 22.6. The van der Waals surface area contributed by atoms with Crippen LogP contribution in [0.15, 0.2) is 0 Å². The Kier molecular flexibility index (Phi) is 4.25. The second-order valence-corrected chi connectivity index (χ2v) is 6.33. The lowest BCUT2D eigenvalue weighted by atomic mass is 10.1. The van der Waals surface area contributed by atoms with E-state index in [4.69, 9.17) is 18.0 Å². The lowest BCUT2D eigenvalue weighted by Gasteiger charge is -2.23. The SMILES string of the molecule is Cc1nnc(N2CC(C)C(N(C)C)C2)c(C(N)=S)c1C. The summed E-state index contributed by atoms with van der Waals surface area (Å²) in [5.41, 5.74) is 8.70. The molecule has 1 aromatic rings. The van der Waals surface area contributed by atoms with Crippen LogP contribution in [-0.4, -0.2) is 53.3 Å². The molecule has 0 spiro atoms. The summed E-state index contributed by atoms with van der Waals surface area (Å²) in [4.78, 5) is 4.92. The third kappa shape index (κ3) is 2.62. The summed E-state index contributed by atoms with van der Waals surface area (Å²) < 4.78 is 0. The van der Waals surface area contributed by atoms with Crippen molar-refractivity contribution in [3.63, 3.8) is 0 Å². The molecule has 2 atom stereocenters. The first-order valence-corrected chi connectivity index (χ1v) is 7.28. The standard InChI is InChI=1S/C14H23N5S/c1-8-6-19(7-11(8)18(4)5)14-12(13(15)20)9(2)10(3)16-17-14/h8,11H,6-7H2,1-5H3,(H2,15,20). The Morgan fingerprint density at radius 1 is 1.30 bits per heavy atom. The maximum Gasteiger partial charge on any atom is 0.161 e. The molecule has 0 aliphatic carbocycles. The van der Waals surface area contributed by atoms with Crippen molar-refractivity contribution in [1.29, 1.82) is 0 Å². The molecular weight excluding hydrogens is 270 g/mol. The van der Waals surface area contributed by atoms with Crippen molar-refractivity contribution >= 4 is 23.0 Å². The van der Waals surface area contributed by atoms with E-state index in [0.29, 0.717) is 16.9 Å². The van der Waals surface area contributed by atoms with Gasteiger partial charge in [-0.15, -0.1) is 5.10 Å². The van der Waals surface area contributed by atoms with Crippen LogP contribution in [0.1, 0.15) is 23.7 Å². The van der Waals surface area contributed by atoms with Gasteiger partial charge >= 0.3 is 0 Å². The molecule has 0 aromatic carbocycles. The van der Waals surface area contributed by atoms with Gasteiger partial charge in [-0.1, -0.05) is 19.1 Å². The van der Waals surface area contributed by atoms with Gasteiger partial charge in [-0.2, -0.15) is 5.10 Å². The van der Waals surface area contributed by atoms with Crippen LogP contribution in [0.25, 0.3) is 0 Å². The van der Waals surface area contributed by atoms with Gasteiger partial charge in [-0.05, 0) is 39.4 Å². The third-order valence-electron chi connectivity index (χ3n) is 4.22. The van der Waals surface area contributed by atoms with Gasteiger partial charge in [0.2, 0.25) is 0 Å². The van der Waals surface area contributed by atoms with Gasteiger partial charge < -0.3 is 15.5 Å². The van der Waals surface area contributed by atoms with Crippen molar-refractivity contribution in [3.8, 4) is 0 Å². The number of nitrogens with zero attached hydrogens (tertiary/aromatic N) is 4. The summed E-state index contributed by atoms with van der Waals surface area (Å²) in [5.74, 6) is 1.41. The predicted octanol–water partition coefficient (Wildman–Crippen LogP) is 1.11. The quantitative estimate of drug-likeness (QED) is 0.843. The van der Waals surface area contributed by atoms with Crippen LogP contribution in [0.4, 0.5) is 5.82 Å². The summed E-state index contributed by atoms with van der Waals surface area (Å²) in [6, 6.07) is 0.512. The fraction of sp³-hybridized carbons (Fsp3) is 0.643. The zero-order valence-corrected chi connectivity index (χ0v) is 13.7. The molecule has 2 N–H and O–H groups in total. The minimum Gasteiger partial charge on any atom is -0.389 e. The van der Waals surface area contributed by atoms with Gasteiger partial charge in [0.15, 0.2) is 5.82 Å². The lowest BCUT2D eigenvalue weighted by Crippen LogP contribution is -2.35. The summed E-state index contributed by atoms with van der Waals surface area (Å²) in [6.45, 7) is 8.09. The number of nitrogens with two attached hydrogens (primary N) is 1. The number of likely N-dealkylation sites (N-methyl/N-ethyl adjacent to an activating group) is 1. The molecule has 1 saturated heterocycles. The van der Waals surface area contributed by atoms with Gasteiger partial charge in [0, 0.05) is 19.1 Å². The average molecular weight is 293 g/mol. The smallest absolute Gasteiger partial charge is 0.161 e. The zero-order valence-electron chi connectivity index (χ0n) is 12.8. The first-order chi connectivity index (χ1) is 9.32. The molecule has 2 heterocycles. The number of hydrogen-bond acceptors (Lipinski definition) is 5. The van der Waals surface area contributed by atoms with Crippen LogP contribution in [0.5, 0.6) is 0 Å². The number of aromatic nitrogens is 2. The Morgan fingerprint density at radius 2 is 1.95 bits per heavy atom. The molecule has 0 saturated carbocycles. The van der Waals surface area contributed by atoms with E-state index in [1.54, 1.807) is 0 Å². The Balaban J connectivity index is 2.40. The van der Waals surface area contributed by atoms with Crippen molar-refractivity contribution in [3.05, 3.63) is 16.8 Å². The van der Waals surface area contributed by atoms with Gasteiger partial charge in [0.05, 0.1) is 11.3 Å². The minimum atomic E-state index is 0.399. The number of aryl methyl sites for hydroxylation is 1. The van der Waals surface area contributed by atoms with Crippen LogP contribution < -0.4 is 10.6 Å². The van der Waals surface area contributed by atoms with E-state index in [1.807, 2.05) is 13.8 Å². The van der Waals surface area contributed by atoms with Gasteiger partial charge in [0.25, 0.3) is 0 Å². The van der Waals surface area contributed by atoms with Crippen molar-refractivity contribution < 1.29 is 0 Å². The van der Waals surface area contributed by atoms with E-state index >= 15 is 0 Å². The van der Waals surface area contributed by atoms with E-state index in [0.717, 1.165) is 35.7 Å². The van der Waals surface area contributed by atoms with Crippen LogP contribution in [-0.2, 0) is 0 Å². The molecule has 1 fully saturated rings. The van der Waals surface area contributed by atoms with E-state index in [-0.39, 0.29) is 0 Å². The molecule has 20 heavy (non-hydrogen) atoms. The summed E-state index contributed by atoms with van der Waals surface area (Å²) in [7, 11) is 4.23. The fourth-order valence-corrected chi connectivity index (χ4v) is 3.15. The molecule has 0 bridgehead atoms. The largest absolute Gasteiger partial charge is 0.389 e. The van der Waals surface area contributed by atoms with E-state index in [9.17, 15) is 0 Å². The number of anilines is 1. The van der Waals surface area contributed by atoms with E-state index in [2.05, 4.69) is 41.0 Å². The maximum absolute atomic E-state index is 5.91. The van der Waals surface area contributed by atoms with Crippen molar-refractivity contribution in [2.45, 2.75) is 26.8 Å². The van der Waals surface area contributed by atoms with Crippen molar-refractivity contribution in [2.75, 3.05) is 32.1 Å². The van der Waals surface area contributed by atoms with E-state index in [1.165, 1.54) is 0 Å². The Morgan fingerprint density at radius 3 is 2.45 bits per heavy atom. The van der Waals surface area contributed by atoms with Crippen molar-refractivity contribution in [1.82, 2.24) is 15.1 Å². The second kappa shape index (κ2) is 5.61. The van der Waals surface area contributed by atoms with Crippen molar-refractivity contribution in [2.24, 2.45) is 11.7 Å². The van der Waals surface area contributed by atoms with Crippen LogP contribution in [0.2, 0.25) is 0 Å². The Labute approximate surface area is 126 Å². The fourth-order valence-electron chi connectivity index (χ4n) is 2.91.